The fourth-order valence-corrected chi connectivity index (χ4v) is 1.52. The van der Waals surface area contributed by atoms with Gasteiger partial charge in [-0.25, -0.2) is 0 Å². The second-order valence-electron chi connectivity index (χ2n) is 2.69. The van der Waals surface area contributed by atoms with Gasteiger partial charge < -0.3 is 15.6 Å². The molecule has 0 aliphatic heterocycles. The predicted molar refractivity (Wildman–Crippen MR) is 60.4 cm³/mol. The van der Waals surface area contributed by atoms with Crippen LogP contribution in [-0.2, 0) is 4.74 Å². The van der Waals surface area contributed by atoms with Crippen molar-refractivity contribution in [2.75, 3.05) is 7.11 Å². The molecule has 0 spiro atoms. The lowest BCUT2D eigenvalue weighted by Gasteiger charge is -2.10. The fourth-order valence-electron chi connectivity index (χ4n) is 1.02. The van der Waals surface area contributed by atoms with E-state index in [0.717, 1.165) is 0 Å². The highest BCUT2D eigenvalue weighted by atomic mass is 127. The third kappa shape index (κ3) is 2.36. The number of phenols is 1. The Morgan fingerprint density at radius 2 is 2.29 bits per heavy atom. The van der Waals surface area contributed by atoms with Gasteiger partial charge in [0.25, 0.3) is 0 Å². The molecule has 0 saturated carbocycles. The second-order valence-corrected chi connectivity index (χ2v) is 3.82. The molecule has 1 aromatic rings. The van der Waals surface area contributed by atoms with Gasteiger partial charge in [-0.15, -0.1) is 0 Å². The van der Waals surface area contributed by atoms with E-state index in [4.69, 9.17) is 10.5 Å². The van der Waals surface area contributed by atoms with E-state index in [1.807, 2.05) is 22.6 Å². The van der Waals surface area contributed by atoms with E-state index in [1.54, 1.807) is 0 Å². The first-order valence-corrected chi connectivity index (χ1v) is 5.10. The van der Waals surface area contributed by atoms with Crippen molar-refractivity contribution < 1.29 is 14.6 Å². The quantitative estimate of drug-likeness (QED) is 0.658. The molecule has 3 N–H and O–H groups in total. The van der Waals surface area contributed by atoms with Crippen molar-refractivity contribution in [3.63, 3.8) is 0 Å². The molecule has 0 fully saturated rings. The highest BCUT2D eigenvalue weighted by molar-refractivity contribution is 14.1. The maximum absolute atomic E-state index is 10.9. The third-order valence-corrected chi connectivity index (χ3v) is 2.94. The van der Waals surface area contributed by atoms with E-state index in [0.29, 0.717) is 11.1 Å². The molecule has 0 heterocycles. The zero-order valence-corrected chi connectivity index (χ0v) is 9.69. The van der Waals surface area contributed by atoms with Gasteiger partial charge in [0.2, 0.25) is 5.91 Å². The average Bonchev–Trinajstić information content (AvgIpc) is 2.17. The van der Waals surface area contributed by atoms with Crippen molar-refractivity contribution in [1.82, 2.24) is 0 Å². The number of ether oxygens (including phenoxy) is 1. The Hall–Kier alpha value is -0.820. The summed E-state index contributed by atoms with van der Waals surface area (Å²) >= 11 is 2.00. The van der Waals surface area contributed by atoms with Gasteiger partial charge in [-0.05, 0) is 40.8 Å². The molecule has 14 heavy (non-hydrogen) atoms. The molecule has 0 aliphatic carbocycles. The smallest absolute Gasteiger partial charge is 0.248 e. The monoisotopic (exact) mass is 307 g/mol. The number of primary amides is 1. The number of carbonyl (C=O) groups excluding carboxylic acids is 1. The van der Waals surface area contributed by atoms with Gasteiger partial charge in [0, 0.05) is 18.2 Å². The number of phenolic OH excluding ortho intramolecular Hbond substituents is 1. The Kier molecular flexibility index (Phi) is 3.70. The summed E-state index contributed by atoms with van der Waals surface area (Å²) in [4.78, 5) is 10.9. The first-order chi connectivity index (χ1) is 6.56. The lowest BCUT2D eigenvalue weighted by atomic mass is 10.1. The minimum Gasteiger partial charge on any atom is -0.508 e. The molecule has 1 atom stereocenters. The third-order valence-electron chi connectivity index (χ3n) is 1.76. The SMILES string of the molecule is COC(I)c1cc(C(N)=O)ccc1O. The molecule has 0 radical (unpaired) electrons. The average molecular weight is 307 g/mol. The van der Waals surface area contributed by atoms with Gasteiger partial charge in [-0.1, -0.05) is 0 Å². The Labute approximate surface area is 95.2 Å². The summed E-state index contributed by atoms with van der Waals surface area (Å²) in [6, 6.07) is 4.43. The summed E-state index contributed by atoms with van der Waals surface area (Å²) in [5.41, 5.74) is 6.01. The number of hydrogen-bond donors (Lipinski definition) is 2. The fraction of sp³-hybridized carbons (Fsp3) is 0.222. The van der Waals surface area contributed by atoms with Gasteiger partial charge >= 0.3 is 0 Å². The number of halogens is 1. The molecule has 0 aromatic heterocycles. The number of amides is 1. The molecule has 0 aliphatic rings. The molecule has 1 aromatic carbocycles. The molecule has 0 bridgehead atoms. The largest absolute Gasteiger partial charge is 0.508 e. The van der Waals surface area contributed by atoms with E-state index < -0.39 is 5.91 Å². The number of aromatic hydroxyl groups is 1. The topological polar surface area (TPSA) is 72.5 Å². The molecule has 76 valence electrons. The maximum atomic E-state index is 10.9. The van der Waals surface area contributed by atoms with Crippen LogP contribution in [0.15, 0.2) is 18.2 Å². The molecule has 1 unspecified atom stereocenters. The van der Waals surface area contributed by atoms with Crippen LogP contribution < -0.4 is 5.73 Å². The van der Waals surface area contributed by atoms with Crippen LogP contribution in [0.2, 0.25) is 0 Å². The summed E-state index contributed by atoms with van der Waals surface area (Å²) in [6.45, 7) is 0. The van der Waals surface area contributed by atoms with Crippen LogP contribution in [0.4, 0.5) is 0 Å². The summed E-state index contributed by atoms with van der Waals surface area (Å²) in [5.74, 6) is -0.429. The van der Waals surface area contributed by atoms with E-state index in [1.165, 1.54) is 25.3 Å². The lowest BCUT2D eigenvalue weighted by molar-refractivity contribution is 0.1000. The van der Waals surface area contributed by atoms with Crippen molar-refractivity contribution in [2.45, 2.75) is 4.11 Å². The minimum atomic E-state index is -0.522. The highest BCUT2D eigenvalue weighted by Gasteiger charge is 2.13. The summed E-state index contributed by atoms with van der Waals surface area (Å²) in [5, 5.41) is 9.48. The molecule has 4 nitrogen and oxygen atoms in total. The van der Waals surface area contributed by atoms with Crippen molar-refractivity contribution in [3.05, 3.63) is 29.3 Å². The van der Waals surface area contributed by atoms with Gasteiger partial charge in [-0.3, -0.25) is 4.79 Å². The summed E-state index contributed by atoms with van der Waals surface area (Å²) in [6.07, 6.45) is 0. The van der Waals surface area contributed by atoms with Gasteiger partial charge in [-0.2, -0.15) is 0 Å². The predicted octanol–water partition coefficient (Wildman–Crippen LogP) is 1.57. The zero-order valence-electron chi connectivity index (χ0n) is 7.53. The zero-order chi connectivity index (χ0) is 10.7. The van der Waals surface area contributed by atoms with E-state index in [-0.39, 0.29) is 9.86 Å². The first kappa shape index (κ1) is 11.3. The Morgan fingerprint density at radius 3 is 2.79 bits per heavy atom. The van der Waals surface area contributed by atoms with Crippen molar-refractivity contribution >= 4 is 28.5 Å². The van der Waals surface area contributed by atoms with E-state index >= 15 is 0 Å². The Bertz CT molecular complexity index is 354. The molecule has 5 heteroatoms. The Morgan fingerprint density at radius 1 is 1.64 bits per heavy atom. The van der Waals surface area contributed by atoms with Crippen molar-refractivity contribution in [1.29, 1.82) is 0 Å². The van der Waals surface area contributed by atoms with E-state index in [9.17, 15) is 9.90 Å². The summed E-state index contributed by atoms with van der Waals surface area (Å²) in [7, 11) is 1.52. The number of alkyl halides is 1. The van der Waals surface area contributed by atoms with Crippen LogP contribution in [0.5, 0.6) is 5.75 Å². The number of hydrogen-bond acceptors (Lipinski definition) is 3. The molecule has 1 amide bonds. The second kappa shape index (κ2) is 4.61. The number of benzene rings is 1. The summed E-state index contributed by atoms with van der Waals surface area (Å²) < 4.78 is 4.73. The number of methoxy groups -OCH3 is 1. The lowest BCUT2D eigenvalue weighted by Crippen LogP contribution is -2.11. The molecular formula is C9H10INO3. The van der Waals surface area contributed by atoms with Gasteiger partial charge in [0.1, 0.15) is 9.86 Å². The maximum Gasteiger partial charge on any atom is 0.248 e. The number of carbonyl (C=O) groups is 1. The van der Waals surface area contributed by atoms with Crippen LogP contribution in [-0.4, -0.2) is 18.1 Å². The van der Waals surface area contributed by atoms with Crippen LogP contribution in [0, 0.1) is 0 Å². The van der Waals surface area contributed by atoms with Gasteiger partial charge in [0.05, 0.1) is 0 Å². The first-order valence-electron chi connectivity index (χ1n) is 3.86. The van der Waals surface area contributed by atoms with Crippen LogP contribution in [0.25, 0.3) is 0 Å². The highest BCUT2D eigenvalue weighted by Crippen LogP contribution is 2.31. The van der Waals surface area contributed by atoms with Crippen molar-refractivity contribution in [3.8, 4) is 5.75 Å². The van der Waals surface area contributed by atoms with Gasteiger partial charge in [0.15, 0.2) is 0 Å². The molecular weight excluding hydrogens is 297 g/mol. The van der Waals surface area contributed by atoms with E-state index in [2.05, 4.69) is 0 Å². The molecule has 0 saturated heterocycles. The van der Waals surface area contributed by atoms with Crippen LogP contribution in [0.3, 0.4) is 0 Å². The number of rotatable bonds is 3. The molecule has 1 rings (SSSR count). The Balaban J connectivity index is 3.14. The minimum absolute atomic E-state index is 0.0938. The van der Waals surface area contributed by atoms with Crippen LogP contribution >= 0.6 is 22.6 Å². The normalized spacial score (nSPS) is 12.4. The van der Waals surface area contributed by atoms with Crippen LogP contribution in [0.1, 0.15) is 20.0 Å². The standard InChI is InChI=1S/C9H10INO3/c1-14-8(10)6-4-5(9(11)13)2-3-7(6)12/h2-4,8,12H,1H3,(H2,11,13). The number of nitrogens with two attached hydrogens (primary N) is 1. The van der Waals surface area contributed by atoms with Crippen molar-refractivity contribution in [2.24, 2.45) is 5.73 Å².